The van der Waals surface area contributed by atoms with Crippen LogP contribution in [0.3, 0.4) is 0 Å². The van der Waals surface area contributed by atoms with E-state index in [-0.39, 0.29) is 18.9 Å². The summed E-state index contributed by atoms with van der Waals surface area (Å²) < 4.78 is 24.8. The fourth-order valence-electron chi connectivity index (χ4n) is 1.16. The lowest BCUT2D eigenvalue weighted by molar-refractivity contribution is -0.0362. The third kappa shape index (κ3) is 1.90. The molecule has 1 rings (SSSR count). The molecule has 1 aliphatic heterocycles. The van der Waals surface area contributed by atoms with E-state index in [0.29, 0.717) is 0 Å². The Balaban J connectivity index is 2.41. The van der Waals surface area contributed by atoms with E-state index >= 15 is 0 Å². The zero-order valence-corrected chi connectivity index (χ0v) is 5.45. The lowest BCUT2D eigenvalue weighted by atomic mass is 9.99. The van der Waals surface area contributed by atoms with Gasteiger partial charge in [-0.25, -0.2) is 8.78 Å². The van der Waals surface area contributed by atoms with Crippen molar-refractivity contribution >= 4 is 0 Å². The van der Waals surface area contributed by atoms with Crippen molar-refractivity contribution in [2.45, 2.75) is 19.3 Å². The van der Waals surface area contributed by atoms with Crippen molar-refractivity contribution < 1.29 is 8.78 Å². The van der Waals surface area contributed by atoms with Gasteiger partial charge in [-0.15, -0.1) is 0 Å². The maximum atomic E-state index is 12.4. The molecule has 54 valence electrons. The summed E-state index contributed by atoms with van der Waals surface area (Å²) in [7, 11) is 0. The smallest absolute Gasteiger partial charge is 0.260 e. The first-order valence-electron chi connectivity index (χ1n) is 3.19. The molecule has 1 saturated heterocycles. The molecule has 1 heterocycles. The third-order valence-corrected chi connectivity index (χ3v) is 1.52. The molecule has 1 fully saturated rings. The Labute approximate surface area is 53.4 Å². The Kier molecular flexibility index (Phi) is 1.70. The second-order valence-corrected chi connectivity index (χ2v) is 2.80. The Morgan fingerprint density at radius 2 is 2.22 bits per heavy atom. The first kappa shape index (κ1) is 6.93. The highest BCUT2D eigenvalue weighted by atomic mass is 19.3. The topological polar surface area (TPSA) is 12.0 Å². The quantitative estimate of drug-likeness (QED) is 0.527. The van der Waals surface area contributed by atoms with Gasteiger partial charge in [-0.05, 0) is 12.5 Å². The first-order chi connectivity index (χ1) is 4.10. The van der Waals surface area contributed by atoms with E-state index in [1.54, 1.807) is 0 Å². The van der Waals surface area contributed by atoms with E-state index in [1.165, 1.54) is 0 Å². The molecule has 0 amide bonds. The summed E-state index contributed by atoms with van der Waals surface area (Å²) >= 11 is 0. The number of hydrogen-bond acceptors (Lipinski definition) is 1. The molecule has 9 heavy (non-hydrogen) atoms. The SMILES string of the molecule is CC1CNCC(F)(F)C1. The number of alkyl halides is 2. The third-order valence-electron chi connectivity index (χ3n) is 1.52. The molecule has 0 aromatic rings. The summed E-state index contributed by atoms with van der Waals surface area (Å²) in [6.07, 6.45) is 0.0417. The predicted molar refractivity (Wildman–Crippen MR) is 31.6 cm³/mol. The van der Waals surface area contributed by atoms with Crippen molar-refractivity contribution in [3.8, 4) is 0 Å². The average molecular weight is 135 g/mol. The van der Waals surface area contributed by atoms with Crippen molar-refractivity contribution in [1.29, 1.82) is 0 Å². The normalized spacial score (nSPS) is 34.3. The van der Waals surface area contributed by atoms with Crippen LogP contribution in [0.1, 0.15) is 13.3 Å². The summed E-state index contributed by atoms with van der Waals surface area (Å²) in [5.41, 5.74) is 0. The van der Waals surface area contributed by atoms with E-state index in [1.807, 2.05) is 6.92 Å². The highest BCUT2D eigenvalue weighted by molar-refractivity contribution is 4.78. The molecule has 0 radical (unpaired) electrons. The van der Waals surface area contributed by atoms with E-state index in [9.17, 15) is 8.78 Å². The number of hydrogen-bond donors (Lipinski definition) is 1. The maximum Gasteiger partial charge on any atom is 0.260 e. The summed E-state index contributed by atoms with van der Waals surface area (Å²) in [6, 6.07) is 0. The summed E-state index contributed by atoms with van der Waals surface area (Å²) in [5.74, 6) is -2.34. The minimum atomic E-state index is -2.46. The summed E-state index contributed by atoms with van der Waals surface area (Å²) in [4.78, 5) is 0. The van der Waals surface area contributed by atoms with Gasteiger partial charge in [0.1, 0.15) is 0 Å². The molecule has 1 unspecified atom stereocenters. The van der Waals surface area contributed by atoms with Gasteiger partial charge < -0.3 is 5.32 Å². The van der Waals surface area contributed by atoms with Gasteiger partial charge in [0, 0.05) is 6.42 Å². The molecule has 3 heteroatoms. The van der Waals surface area contributed by atoms with Gasteiger partial charge in [-0.2, -0.15) is 0 Å². The fraction of sp³-hybridized carbons (Fsp3) is 1.00. The largest absolute Gasteiger partial charge is 0.311 e. The van der Waals surface area contributed by atoms with Crippen molar-refractivity contribution in [1.82, 2.24) is 5.32 Å². The molecular formula is C6H11F2N. The van der Waals surface area contributed by atoms with Crippen LogP contribution in [-0.4, -0.2) is 19.0 Å². The number of halogens is 2. The van der Waals surface area contributed by atoms with E-state index < -0.39 is 5.92 Å². The van der Waals surface area contributed by atoms with Crippen molar-refractivity contribution in [2.24, 2.45) is 5.92 Å². The lowest BCUT2D eigenvalue weighted by Gasteiger charge is -2.26. The van der Waals surface area contributed by atoms with Gasteiger partial charge in [-0.3, -0.25) is 0 Å². The predicted octanol–water partition coefficient (Wildman–Crippen LogP) is 1.25. The van der Waals surface area contributed by atoms with Crippen LogP contribution in [0.4, 0.5) is 8.78 Å². The molecule has 1 atom stereocenters. The molecule has 0 spiro atoms. The molecule has 1 nitrogen and oxygen atoms in total. The van der Waals surface area contributed by atoms with Crippen LogP contribution in [0.25, 0.3) is 0 Å². The number of nitrogens with one attached hydrogen (secondary N) is 1. The van der Waals surface area contributed by atoms with Gasteiger partial charge in [0.2, 0.25) is 0 Å². The van der Waals surface area contributed by atoms with Crippen molar-refractivity contribution in [3.05, 3.63) is 0 Å². The van der Waals surface area contributed by atoms with E-state index in [4.69, 9.17) is 0 Å². The molecule has 1 aliphatic rings. The minimum Gasteiger partial charge on any atom is -0.311 e. The van der Waals surface area contributed by atoms with Crippen LogP contribution >= 0.6 is 0 Å². The van der Waals surface area contributed by atoms with Crippen molar-refractivity contribution in [3.63, 3.8) is 0 Å². The summed E-state index contributed by atoms with van der Waals surface area (Å²) in [6.45, 7) is 2.42. The zero-order chi connectivity index (χ0) is 6.91. The zero-order valence-electron chi connectivity index (χ0n) is 5.45. The van der Waals surface area contributed by atoms with Gasteiger partial charge in [0.15, 0.2) is 0 Å². The molecule has 0 bridgehead atoms. The van der Waals surface area contributed by atoms with E-state index in [2.05, 4.69) is 5.32 Å². The summed E-state index contributed by atoms with van der Waals surface area (Å²) in [5, 5.41) is 2.67. The second kappa shape index (κ2) is 2.21. The van der Waals surface area contributed by atoms with Crippen LogP contribution in [0, 0.1) is 5.92 Å². The van der Waals surface area contributed by atoms with Crippen LogP contribution in [0.5, 0.6) is 0 Å². The van der Waals surface area contributed by atoms with Crippen molar-refractivity contribution in [2.75, 3.05) is 13.1 Å². The Hall–Kier alpha value is -0.180. The molecular weight excluding hydrogens is 124 g/mol. The molecule has 0 aromatic heterocycles. The first-order valence-corrected chi connectivity index (χ1v) is 3.19. The minimum absolute atomic E-state index is 0.0417. The van der Waals surface area contributed by atoms with Gasteiger partial charge in [0.05, 0.1) is 6.54 Å². The average Bonchev–Trinajstić information content (AvgIpc) is 1.60. The standard InChI is InChI=1S/C6H11F2N/c1-5-2-6(7,8)4-9-3-5/h5,9H,2-4H2,1H3. The van der Waals surface area contributed by atoms with Gasteiger partial charge >= 0.3 is 0 Å². The molecule has 0 saturated carbocycles. The highest BCUT2D eigenvalue weighted by Gasteiger charge is 2.33. The van der Waals surface area contributed by atoms with E-state index in [0.717, 1.165) is 6.54 Å². The fourth-order valence-corrected chi connectivity index (χ4v) is 1.16. The Bertz CT molecular complexity index is 103. The lowest BCUT2D eigenvalue weighted by Crippen LogP contribution is -2.42. The molecule has 0 aromatic carbocycles. The van der Waals surface area contributed by atoms with Crippen LogP contribution in [0.2, 0.25) is 0 Å². The Morgan fingerprint density at radius 3 is 2.56 bits per heavy atom. The maximum absolute atomic E-state index is 12.4. The van der Waals surface area contributed by atoms with Gasteiger partial charge in [-0.1, -0.05) is 6.92 Å². The highest BCUT2D eigenvalue weighted by Crippen LogP contribution is 2.25. The second-order valence-electron chi connectivity index (χ2n) is 2.80. The molecule has 1 N–H and O–H groups in total. The van der Waals surface area contributed by atoms with Crippen LogP contribution in [-0.2, 0) is 0 Å². The molecule has 0 aliphatic carbocycles. The number of piperidine rings is 1. The number of rotatable bonds is 0. The van der Waals surface area contributed by atoms with Gasteiger partial charge in [0.25, 0.3) is 5.92 Å². The van der Waals surface area contributed by atoms with Crippen LogP contribution < -0.4 is 5.32 Å². The monoisotopic (exact) mass is 135 g/mol. The Morgan fingerprint density at radius 1 is 1.56 bits per heavy atom. The van der Waals surface area contributed by atoms with Crippen LogP contribution in [0.15, 0.2) is 0 Å².